The monoisotopic (exact) mass is 485 g/mol. The van der Waals surface area contributed by atoms with E-state index in [0.717, 1.165) is 11.1 Å². The number of nitrogens with one attached hydrogen (secondary N) is 2. The van der Waals surface area contributed by atoms with Gasteiger partial charge in [0.05, 0.1) is 18.4 Å². The van der Waals surface area contributed by atoms with Crippen LogP contribution in [0.3, 0.4) is 0 Å². The van der Waals surface area contributed by atoms with Crippen molar-refractivity contribution < 1.29 is 23.1 Å². The number of benzene rings is 2. The molecule has 0 unspecified atom stereocenters. The minimum Gasteiger partial charge on any atom is -0.480 e. The molecule has 8 nitrogen and oxygen atoms in total. The highest BCUT2D eigenvalue weighted by Crippen LogP contribution is 2.26. The number of rotatable bonds is 9. The molecular formula is C25H31N3O5S. The van der Waals surface area contributed by atoms with Crippen molar-refractivity contribution >= 4 is 28.3 Å². The Labute approximate surface area is 201 Å². The summed E-state index contributed by atoms with van der Waals surface area (Å²) < 4.78 is 34.2. The zero-order valence-electron chi connectivity index (χ0n) is 20.3. The number of aliphatic hydroxyl groups is 1. The van der Waals surface area contributed by atoms with E-state index in [1.54, 1.807) is 71.0 Å². The molecular weight excluding hydrogens is 454 g/mol. The van der Waals surface area contributed by atoms with Crippen LogP contribution >= 0.6 is 0 Å². The van der Waals surface area contributed by atoms with Crippen molar-refractivity contribution in [3.8, 4) is 0 Å². The Morgan fingerprint density at radius 2 is 1.68 bits per heavy atom. The van der Waals surface area contributed by atoms with Gasteiger partial charge >= 0.3 is 0 Å². The van der Waals surface area contributed by atoms with Crippen LogP contribution in [-0.2, 0) is 20.4 Å². The van der Waals surface area contributed by atoms with Crippen molar-refractivity contribution in [1.29, 1.82) is 0 Å². The molecule has 0 aromatic heterocycles. The molecule has 2 rings (SSSR count). The van der Waals surface area contributed by atoms with Crippen LogP contribution in [-0.4, -0.2) is 33.3 Å². The highest BCUT2D eigenvalue weighted by molar-refractivity contribution is 7.96. The molecule has 0 aliphatic carbocycles. The zero-order chi connectivity index (χ0) is 25.7. The number of nitrogens with zero attached hydrogens (tertiary/aromatic N) is 1. The third-order valence-electron chi connectivity index (χ3n) is 5.07. The van der Waals surface area contributed by atoms with E-state index in [1.165, 1.54) is 13.2 Å². The Hall–Kier alpha value is -3.43. The minimum absolute atomic E-state index is 0.220. The normalized spacial score (nSPS) is 13.1. The summed E-state index contributed by atoms with van der Waals surface area (Å²) in [5.41, 5.74) is 2.16. The number of aliphatic imine (C=N–C) groups is 1. The molecule has 0 radical (unpaired) electrons. The van der Waals surface area contributed by atoms with E-state index >= 15 is 0 Å². The molecule has 0 spiro atoms. The van der Waals surface area contributed by atoms with Gasteiger partial charge in [0.15, 0.2) is 4.91 Å². The van der Waals surface area contributed by atoms with Gasteiger partial charge < -0.3 is 15.2 Å². The highest BCUT2D eigenvalue weighted by Gasteiger charge is 2.24. The molecule has 182 valence electrons. The Morgan fingerprint density at radius 1 is 1.12 bits per heavy atom. The Bertz CT molecular complexity index is 1220. The van der Waals surface area contributed by atoms with E-state index < -0.39 is 21.5 Å². The second kappa shape index (κ2) is 10.7. The van der Waals surface area contributed by atoms with E-state index in [9.17, 15) is 18.3 Å². The fourth-order valence-corrected chi connectivity index (χ4v) is 4.59. The number of sulfonamides is 1. The lowest BCUT2D eigenvalue weighted by molar-refractivity contribution is 0.0784. The molecule has 2 aromatic carbocycles. The molecule has 0 heterocycles. The Kier molecular flexibility index (Phi) is 8.41. The first-order valence-corrected chi connectivity index (χ1v) is 11.9. The molecule has 3 N–H and O–H groups in total. The van der Waals surface area contributed by atoms with Crippen LogP contribution < -0.4 is 10.0 Å². The van der Waals surface area contributed by atoms with Gasteiger partial charge in [-0.1, -0.05) is 30.3 Å². The minimum atomic E-state index is -4.15. The Morgan fingerprint density at radius 3 is 2.15 bits per heavy atom. The molecule has 0 aliphatic rings. The van der Waals surface area contributed by atoms with E-state index in [0.29, 0.717) is 16.8 Å². The first kappa shape index (κ1) is 26.8. The van der Waals surface area contributed by atoms with Crippen LogP contribution in [0.5, 0.6) is 0 Å². The second-order valence-electron chi connectivity index (χ2n) is 8.32. The molecule has 0 bridgehead atoms. The van der Waals surface area contributed by atoms with Crippen molar-refractivity contribution in [2.45, 2.75) is 40.2 Å². The maximum atomic E-state index is 13.3. The van der Waals surface area contributed by atoms with Gasteiger partial charge in [-0.15, -0.1) is 0 Å². The fourth-order valence-electron chi connectivity index (χ4n) is 3.18. The quantitative estimate of drug-likeness (QED) is 0.281. The number of ether oxygens (including phenoxy) is 1. The molecule has 1 amide bonds. The first-order valence-electron chi connectivity index (χ1n) is 10.5. The summed E-state index contributed by atoms with van der Waals surface area (Å²) in [5, 5.41) is 12.7. The van der Waals surface area contributed by atoms with Crippen LogP contribution in [0.1, 0.15) is 47.8 Å². The first-order chi connectivity index (χ1) is 15.8. The molecule has 34 heavy (non-hydrogen) atoms. The van der Waals surface area contributed by atoms with Crippen molar-refractivity contribution in [2.75, 3.05) is 11.8 Å². The second-order valence-corrected chi connectivity index (χ2v) is 9.97. The summed E-state index contributed by atoms with van der Waals surface area (Å²) in [5.74, 6) is -0.664. The number of carbonyl (C=O) groups excluding carboxylic acids is 1. The molecule has 0 aliphatic heterocycles. The summed E-state index contributed by atoms with van der Waals surface area (Å²) in [6.07, 6.45) is 1.26. The van der Waals surface area contributed by atoms with Crippen LogP contribution in [0, 0.1) is 13.8 Å². The number of hydrogen-bond acceptors (Lipinski definition) is 6. The third-order valence-corrected chi connectivity index (χ3v) is 6.41. The number of anilines is 1. The van der Waals surface area contributed by atoms with Crippen molar-refractivity contribution in [1.82, 2.24) is 5.32 Å². The van der Waals surface area contributed by atoms with Gasteiger partial charge in [-0.2, -0.15) is 0 Å². The van der Waals surface area contributed by atoms with Crippen LogP contribution in [0.25, 0.3) is 0 Å². The van der Waals surface area contributed by atoms with Gasteiger partial charge in [-0.05, 0) is 76.2 Å². The smallest absolute Gasteiger partial charge is 0.267 e. The highest BCUT2D eigenvalue weighted by atomic mass is 32.2. The summed E-state index contributed by atoms with van der Waals surface area (Å²) >= 11 is 0. The van der Waals surface area contributed by atoms with E-state index in [2.05, 4.69) is 21.7 Å². The molecule has 0 saturated heterocycles. The molecule has 2 aromatic rings. The summed E-state index contributed by atoms with van der Waals surface area (Å²) in [4.78, 5) is 16.1. The molecule has 0 atom stereocenters. The zero-order valence-corrected chi connectivity index (χ0v) is 21.1. The van der Waals surface area contributed by atoms with E-state index in [1.807, 2.05) is 6.07 Å². The van der Waals surface area contributed by atoms with Gasteiger partial charge in [0.25, 0.3) is 15.9 Å². The summed E-state index contributed by atoms with van der Waals surface area (Å²) in [7, 11) is -2.86. The SMILES string of the molecule is C=N/C(OC)=C(\C=C(/C)NC(=O)c1ccc(C(C)(C)O)cc1)S(=O)(=O)Nc1c(C)cccc1C. The lowest BCUT2D eigenvalue weighted by Gasteiger charge is -2.18. The third kappa shape index (κ3) is 6.55. The topological polar surface area (TPSA) is 117 Å². The van der Waals surface area contributed by atoms with Crippen molar-refractivity contribution in [2.24, 2.45) is 4.99 Å². The predicted molar refractivity (Wildman–Crippen MR) is 135 cm³/mol. The maximum Gasteiger partial charge on any atom is 0.267 e. The standard InChI is InChI=1S/C25H31N3O5S/c1-16-9-8-10-17(2)22(16)28-34(31,32)21(24(26-6)33-7)15-18(3)27-23(29)19-11-13-20(14-12-19)25(4,5)30/h8-15,28,30H,6H2,1-5,7H3,(H,27,29)/b18-15+,24-21-. The summed E-state index contributed by atoms with van der Waals surface area (Å²) in [6.45, 7) is 11.8. The molecule has 0 fully saturated rings. The molecule has 0 saturated carbocycles. The average Bonchev–Trinajstić information content (AvgIpc) is 2.76. The largest absolute Gasteiger partial charge is 0.480 e. The number of carbonyl (C=O) groups is 1. The average molecular weight is 486 g/mol. The van der Waals surface area contributed by atoms with Crippen LogP contribution in [0.2, 0.25) is 0 Å². The molecule has 9 heteroatoms. The number of allylic oxidation sites excluding steroid dienone is 2. The van der Waals surface area contributed by atoms with Crippen molar-refractivity contribution in [3.05, 3.63) is 87.3 Å². The number of aryl methyl sites for hydroxylation is 2. The van der Waals surface area contributed by atoms with Crippen LogP contribution in [0.4, 0.5) is 5.69 Å². The predicted octanol–water partition coefficient (Wildman–Crippen LogP) is 4.12. The van der Waals surface area contributed by atoms with Crippen LogP contribution in [0.15, 0.2) is 70.0 Å². The summed E-state index contributed by atoms with van der Waals surface area (Å²) in [6, 6.07) is 11.9. The van der Waals surface area contributed by atoms with Gasteiger partial charge in [0, 0.05) is 11.3 Å². The lowest BCUT2D eigenvalue weighted by atomic mass is 9.97. The number of para-hydroxylation sites is 1. The van der Waals surface area contributed by atoms with Gasteiger partial charge in [-0.25, -0.2) is 13.4 Å². The van der Waals surface area contributed by atoms with Gasteiger partial charge in [0.2, 0.25) is 5.88 Å². The Balaban J connectivity index is 2.38. The number of hydrogen-bond donors (Lipinski definition) is 3. The van der Waals surface area contributed by atoms with E-state index in [4.69, 9.17) is 4.74 Å². The fraction of sp³-hybridized carbons (Fsp3) is 0.280. The van der Waals surface area contributed by atoms with Gasteiger partial charge in [0.1, 0.15) is 0 Å². The number of amides is 1. The maximum absolute atomic E-state index is 13.3. The van der Waals surface area contributed by atoms with Crippen molar-refractivity contribution in [3.63, 3.8) is 0 Å². The number of methoxy groups -OCH3 is 1. The van der Waals surface area contributed by atoms with E-state index in [-0.39, 0.29) is 16.5 Å². The van der Waals surface area contributed by atoms with Gasteiger partial charge in [-0.3, -0.25) is 9.52 Å². The lowest BCUT2D eigenvalue weighted by Crippen LogP contribution is -2.23.